The molecule has 1 aromatic carbocycles. The van der Waals surface area contributed by atoms with Crippen molar-refractivity contribution in [1.29, 1.82) is 0 Å². The maximum atomic E-state index is 13.0. The van der Waals surface area contributed by atoms with Crippen molar-refractivity contribution in [2.24, 2.45) is 11.8 Å². The molecule has 3 heteroatoms. The van der Waals surface area contributed by atoms with E-state index < -0.39 is 0 Å². The molecule has 0 aromatic heterocycles. The molecule has 1 nitrogen and oxygen atoms in total. The number of halogens is 2. The van der Waals surface area contributed by atoms with Crippen LogP contribution in [0.15, 0.2) is 18.2 Å². The van der Waals surface area contributed by atoms with Gasteiger partial charge in [0.25, 0.3) is 0 Å². The monoisotopic (exact) mass is 297 g/mol. The highest BCUT2D eigenvalue weighted by molar-refractivity contribution is 6.31. The highest BCUT2D eigenvalue weighted by atomic mass is 35.5. The van der Waals surface area contributed by atoms with Crippen LogP contribution in [0.25, 0.3) is 0 Å². The van der Waals surface area contributed by atoms with Gasteiger partial charge in [-0.25, -0.2) is 4.39 Å². The van der Waals surface area contributed by atoms with Crippen molar-refractivity contribution in [3.05, 3.63) is 34.6 Å². The van der Waals surface area contributed by atoms with Crippen LogP contribution in [0.1, 0.15) is 57.6 Å². The molecule has 1 aromatic rings. The lowest BCUT2D eigenvalue weighted by atomic mass is 9.81. The number of nitrogens with one attached hydrogen (secondary N) is 1. The van der Waals surface area contributed by atoms with Gasteiger partial charge in [-0.05, 0) is 55.8 Å². The fourth-order valence-electron chi connectivity index (χ4n) is 3.29. The zero-order valence-electron chi connectivity index (χ0n) is 12.5. The lowest BCUT2D eigenvalue weighted by Gasteiger charge is -2.27. The Morgan fingerprint density at radius 1 is 1.40 bits per heavy atom. The minimum Gasteiger partial charge on any atom is -0.310 e. The topological polar surface area (TPSA) is 12.0 Å². The molecule has 1 saturated carbocycles. The van der Waals surface area contributed by atoms with Crippen molar-refractivity contribution < 1.29 is 4.39 Å². The van der Waals surface area contributed by atoms with Crippen molar-refractivity contribution in [3.63, 3.8) is 0 Å². The molecule has 3 atom stereocenters. The minimum absolute atomic E-state index is 0.170. The second-order valence-corrected chi connectivity index (χ2v) is 6.68. The van der Waals surface area contributed by atoms with Crippen LogP contribution in [-0.4, -0.2) is 6.54 Å². The SMILES string of the molecule is CC1CCCC(CCNC(C)c2ccc(F)cc2Cl)C1. The smallest absolute Gasteiger partial charge is 0.124 e. The average Bonchev–Trinajstić information content (AvgIpc) is 2.38. The van der Waals surface area contributed by atoms with Crippen molar-refractivity contribution >= 4 is 11.6 Å². The Labute approximate surface area is 126 Å². The summed E-state index contributed by atoms with van der Waals surface area (Å²) in [6.45, 7) is 5.45. The van der Waals surface area contributed by atoms with E-state index in [-0.39, 0.29) is 11.9 Å². The molecule has 3 unspecified atom stereocenters. The molecular weight excluding hydrogens is 273 g/mol. The van der Waals surface area contributed by atoms with Gasteiger partial charge >= 0.3 is 0 Å². The van der Waals surface area contributed by atoms with Gasteiger partial charge in [0.1, 0.15) is 5.82 Å². The molecule has 1 fully saturated rings. The van der Waals surface area contributed by atoms with Gasteiger partial charge in [0.05, 0.1) is 0 Å². The van der Waals surface area contributed by atoms with Crippen LogP contribution in [-0.2, 0) is 0 Å². The average molecular weight is 298 g/mol. The largest absolute Gasteiger partial charge is 0.310 e. The summed E-state index contributed by atoms with van der Waals surface area (Å²) in [6.07, 6.45) is 6.75. The number of rotatable bonds is 5. The molecule has 1 aliphatic rings. The molecular formula is C17H25ClFN. The Morgan fingerprint density at radius 2 is 2.20 bits per heavy atom. The van der Waals surface area contributed by atoms with E-state index in [2.05, 4.69) is 19.2 Å². The summed E-state index contributed by atoms with van der Waals surface area (Å²) < 4.78 is 13.0. The second-order valence-electron chi connectivity index (χ2n) is 6.27. The number of hydrogen-bond acceptors (Lipinski definition) is 1. The van der Waals surface area contributed by atoms with Gasteiger partial charge in [-0.2, -0.15) is 0 Å². The zero-order valence-corrected chi connectivity index (χ0v) is 13.2. The molecule has 2 rings (SSSR count). The third-order valence-corrected chi connectivity index (χ3v) is 4.80. The first kappa shape index (κ1) is 15.8. The van der Waals surface area contributed by atoms with Crippen LogP contribution in [0.2, 0.25) is 5.02 Å². The maximum absolute atomic E-state index is 13.0. The van der Waals surface area contributed by atoms with E-state index in [0.29, 0.717) is 5.02 Å². The summed E-state index contributed by atoms with van der Waals surface area (Å²) in [5.41, 5.74) is 0.977. The molecule has 112 valence electrons. The van der Waals surface area contributed by atoms with E-state index >= 15 is 0 Å². The summed E-state index contributed by atoms with van der Waals surface area (Å²) in [6, 6.07) is 4.81. The van der Waals surface area contributed by atoms with E-state index in [1.807, 2.05) is 0 Å². The normalized spacial score (nSPS) is 24.6. The summed E-state index contributed by atoms with van der Waals surface area (Å²) in [5.74, 6) is 1.47. The molecule has 1 N–H and O–H groups in total. The Balaban J connectivity index is 1.78. The van der Waals surface area contributed by atoms with Crippen LogP contribution in [0.3, 0.4) is 0 Å². The Bertz CT molecular complexity index is 435. The zero-order chi connectivity index (χ0) is 14.5. The van der Waals surface area contributed by atoms with Gasteiger partial charge in [0, 0.05) is 11.1 Å². The summed E-state index contributed by atoms with van der Waals surface area (Å²) >= 11 is 6.09. The Hall–Kier alpha value is -0.600. The van der Waals surface area contributed by atoms with Crippen LogP contribution in [0.5, 0.6) is 0 Å². The Kier molecular flexibility index (Phi) is 5.86. The molecule has 0 aliphatic heterocycles. The van der Waals surface area contributed by atoms with Crippen LogP contribution < -0.4 is 5.32 Å². The van der Waals surface area contributed by atoms with Gasteiger partial charge in [-0.15, -0.1) is 0 Å². The lowest BCUT2D eigenvalue weighted by molar-refractivity contribution is 0.265. The number of benzene rings is 1. The predicted molar refractivity (Wildman–Crippen MR) is 83.6 cm³/mol. The highest BCUT2D eigenvalue weighted by Gasteiger charge is 2.18. The predicted octanol–water partition coefficient (Wildman–Crippen LogP) is 5.35. The van der Waals surface area contributed by atoms with Gasteiger partial charge in [0.15, 0.2) is 0 Å². The van der Waals surface area contributed by atoms with Crippen molar-refractivity contribution in [2.45, 2.75) is 52.0 Å². The number of hydrogen-bond donors (Lipinski definition) is 1. The standard InChI is InChI=1S/C17H25ClFN/c1-12-4-3-5-14(10-12)8-9-20-13(2)16-7-6-15(19)11-17(16)18/h6-7,11-14,20H,3-5,8-10H2,1-2H3. The van der Waals surface area contributed by atoms with Crippen LogP contribution in [0.4, 0.5) is 4.39 Å². The van der Waals surface area contributed by atoms with Gasteiger partial charge in [0.2, 0.25) is 0 Å². The van der Waals surface area contributed by atoms with Gasteiger partial charge in [-0.3, -0.25) is 0 Å². The third-order valence-electron chi connectivity index (χ3n) is 4.48. The molecule has 0 radical (unpaired) electrons. The molecule has 0 heterocycles. The Morgan fingerprint density at radius 3 is 2.90 bits per heavy atom. The quantitative estimate of drug-likeness (QED) is 0.773. The maximum Gasteiger partial charge on any atom is 0.124 e. The fraction of sp³-hybridized carbons (Fsp3) is 0.647. The lowest BCUT2D eigenvalue weighted by Crippen LogP contribution is -2.24. The van der Waals surface area contributed by atoms with E-state index in [1.165, 1.54) is 44.2 Å². The first-order valence-corrected chi connectivity index (χ1v) is 8.12. The van der Waals surface area contributed by atoms with E-state index in [0.717, 1.165) is 23.9 Å². The van der Waals surface area contributed by atoms with E-state index in [1.54, 1.807) is 6.07 Å². The first-order chi connectivity index (χ1) is 9.56. The van der Waals surface area contributed by atoms with Crippen LogP contribution >= 0.6 is 11.6 Å². The second kappa shape index (κ2) is 7.42. The van der Waals surface area contributed by atoms with E-state index in [4.69, 9.17) is 11.6 Å². The fourth-order valence-corrected chi connectivity index (χ4v) is 3.62. The third kappa shape index (κ3) is 4.46. The molecule has 0 bridgehead atoms. The molecule has 0 saturated heterocycles. The molecule has 1 aliphatic carbocycles. The highest BCUT2D eigenvalue weighted by Crippen LogP contribution is 2.30. The van der Waals surface area contributed by atoms with Gasteiger partial charge in [-0.1, -0.05) is 43.9 Å². The van der Waals surface area contributed by atoms with Crippen LogP contribution in [0, 0.1) is 17.7 Å². The summed E-state index contributed by atoms with van der Waals surface area (Å²) in [7, 11) is 0. The molecule has 0 amide bonds. The molecule has 0 spiro atoms. The van der Waals surface area contributed by atoms with Crippen molar-refractivity contribution in [3.8, 4) is 0 Å². The molecule has 20 heavy (non-hydrogen) atoms. The minimum atomic E-state index is -0.276. The summed E-state index contributed by atoms with van der Waals surface area (Å²) in [5, 5.41) is 4.02. The van der Waals surface area contributed by atoms with E-state index in [9.17, 15) is 4.39 Å². The summed E-state index contributed by atoms with van der Waals surface area (Å²) in [4.78, 5) is 0. The first-order valence-electron chi connectivity index (χ1n) is 7.74. The van der Waals surface area contributed by atoms with Gasteiger partial charge < -0.3 is 5.32 Å². The van der Waals surface area contributed by atoms with Crippen molar-refractivity contribution in [2.75, 3.05) is 6.54 Å². The van der Waals surface area contributed by atoms with Crippen molar-refractivity contribution in [1.82, 2.24) is 5.32 Å².